The fourth-order valence-electron chi connectivity index (χ4n) is 2.10. The SMILES string of the molecule is Cc1cc(C)cc(ONOc2cc(C)cc(C)c2)c1. The minimum absolute atomic E-state index is 0.738. The third-order valence-corrected chi connectivity index (χ3v) is 2.71. The van der Waals surface area contributed by atoms with E-state index in [2.05, 4.69) is 17.8 Å². The monoisotopic (exact) mass is 257 g/mol. The van der Waals surface area contributed by atoms with Crippen LogP contribution >= 0.6 is 0 Å². The molecule has 3 heteroatoms. The molecule has 3 nitrogen and oxygen atoms in total. The molecule has 1 N–H and O–H groups in total. The number of aryl methyl sites for hydroxylation is 4. The van der Waals surface area contributed by atoms with Gasteiger partial charge in [-0.25, -0.2) is 0 Å². The van der Waals surface area contributed by atoms with Crippen molar-refractivity contribution in [3.8, 4) is 11.5 Å². The van der Waals surface area contributed by atoms with Gasteiger partial charge < -0.3 is 9.68 Å². The normalized spacial score (nSPS) is 10.3. The zero-order chi connectivity index (χ0) is 13.8. The van der Waals surface area contributed by atoms with E-state index >= 15 is 0 Å². The summed E-state index contributed by atoms with van der Waals surface area (Å²) in [6.45, 7) is 8.13. The van der Waals surface area contributed by atoms with Gasteiger partial charge >= 0.3 is 0 Å². The molecule has 100 valence electrons. The average Bonchev–Trinajstić information content (AvgIpc) is 2.26. The van der Waals surface area contributed by atoms with E-state index in [0.29, 0.717) is 0 Å². The number of hydrogen-bond acceptors (Lipinski definition) is 3. The molecule has 0 bridgehead atoms. The fraction of sp³-hybridized carbons (Fsp3) is 0.250. The third kappa shape index (κ3) is 4.00. The Hall–Kier alpha value is -2.00. The van der Waals surface area contributed by atoms with Gasteiger partial charge in [0.05, 0.1) is 0 Å². The van der Waals surface area contributed by atoms with Crippen molar-refractivity contribution in [1.82, 2.24) is 5.64 Å². The van der Waals surface area contributed by atoms with Crippen LogP contribution in [-0.2, 0) is 0 Å². The van der Waals surface area contributed by atoms with E-state index in [1.54, 1.807) is 0 Å². The van der Waals surface area contributed by atoms with Crippen LogP contribution in [0.1, 0.15) is 22.3 Å². The molecule has 0 heterocycles. The predicted octanol–water partition coefficient (Wildman–Crippen LogP) is 3.80. The van der Waals surface area contributed by atoms with Crippen LogP contribution in [0.3, 0.4) is 0 Å². The summed E-state index contributed by atoms with van der Waals surface area (Å²) >= 11 is 0. The van der Waals surface area contributed by atoms with Crippen molar-refractivity contribution < 1.29 is 9.68 Å². The molecule has 2 aromatic rings. The second-order valence-electron chi connectivity index (χ2n) is 4.93. The van der Waals surface area contributed by atoms with Crippen LogP contribution in [0.15, 0.2) is 36.4 Å². The standard InChI is InChI=1S/C16H19NO2/c1-11-5-12(2)8-15(7-11)18-17-19-16-9-13(3)6-14(4)10-16/h5-10,17H,1-4H3. The number of benzene rings is 2. The van der Waals surface area contributed by atoms with Gasteiger partial charge in [-0.05, 0) is 74.2 Å². The van der Waals surface area contributed by atoms with Crippen LogP contribution in [0.5, 0.6) is 11.5 Å². The Labute approximate surface area is 114 Å². The average molecular weight is 257 g/mol. The molecular weight excluding hydrogens is 238 g/mol. The summed E-state index contributed by atoms with van der Waals surface area (Å²) in [4.78, 5) is 10.8. The first kappa shape index (κ1) is 13.4. The molecule has 0 amide bonds. The zero-order valence-electron chi connectivity index (χ0n) is 11.8. The highest BCUT2D eigenvalue weighted by molar-refractivity contribution is 5.34. The summed E-state index contributed by atoms with van der Waals surface area (Å²) < 4.78 is 0. The van der Waals surface area contributed by atoms with Gasteiger partial charge in [0.15, 0.2) is 11.5 Å². The zero-order valence-corrected chi connectivity index (χ0v) is 11.8. The van der Waals surface area contributed by atoms with E-state index in [4.69, 9.17) is 9.68 Å². The summed E-state index contributed by atoms with van der Waals surface area (Å²) in [6.07, 6.45) is 0. The van der Waals surface area contributed by atoms with E-state index < -0.39 is 0 Å². The van der Waals surface area contributed by atoms with Crippen LogP contribution in [0, 0.1) is 27.7 Å². The van der Waals surface area contributed by atoms with Gasteiger partial charge in [0.1, 0.15) is 0 Å². The molecule has 0 aliphatic carbocycles. The molecule has 0 saturated carbocycles. The maximum absolute atomic E-state index is 5.38. The maximum Gasteiger partial charge on any atom is 0.151 e. The Morgan fingerprint density at radius 2 is 0.895 bits per heavy atom. The lowest BCUT2D eigenvalue weighted by Crippen LogP contribution is -2.22. The highest BCUT2D eigenvalue weighted by Crippen LogP contribution is 2.17. The molecular formula is C16H19NO2. The van der Waals surface area contributed by atoms with Gasteiger partial charge in [-0.3, -0.25) is 0 Å². The Kier molecular flexibility index (Phi) is 4.07. The van der Waals surface area contributed by atoms with Crippen molar-refractivity contribution in [2.75, 3.05) is 0 Å². The Morgan fingerprint density at radius 3 is 1.21 bits per heavy atom. The molecule has 0 atom stereocenters. The van der Waals surface area contributed by atoms with Gasteiger partial charge in [0.2, 0.25) is 0 Å². The summed E-state index contributed by atoms with van der Waals surface area (Å²) in [5.74, 6) is 1.48. The van der Waals surface area contributed by atoms with Crippen molar-refractivity contribution in [2.24, 2.45) is 0 Å². The molecule has 0 aliphatic rings. The van der Waals surface area contributed by atoms with Crippen molar-refractivity contribution in [2.45, 2.75) is 27.7 Å². The topological polar surface area (TPSA) is 30.5 Å². The predicted molar refractivity (Wildman–Crippen MR) is 76.2 cm³/mol. The summed E-state index contributed by atoms with van der Waals surface area (Å²) in [6, 6.07) is 12.0. The smallest absolute Gasteiger partial charge is 0.151 e. The highest BCUT2D eigenvalue weighted by Gasteiger charge is 1.99. The van der Waals surface area contributed by atoms with Crippen molar-refractivity contribution in [1.29, 1.82) is 0 Å². The van der Waals surface area contributed by atoms with Crippen LogP contribution in [0.2, 0.25) is 0 Å². The number of nitrogens with one attached hydrogen (secondary N) is 1. The van der Waals surface area contributed by atoms with E-state index in [1.807, 2.05) is 52.0 Å². The van der Waals surface area contributed by atoms with Gasteiger partial charge in [-0.15, -0.1) is 0 Å². The van der Waals surface area contributed by atoms with E-state index in [1.165, 1.54) is 0 Å². The Bertz CT molecular complexity index is 487. The second kappa shape index (κ2) is 5.76. The Balaban J connectivity index is 1.96. The molecule has 0 fully saturated rings. The highest BCUT2D eigenvalue weighted by atomic mass is 16.9. The summed E-state index contributed by atoms with van der Waals surface area (Å²) in [7, 11) is 0. The molecule has 0 aromatic heterocycles. The second-order valence-corrected chi connectivity index (χ2v) is 4.93. The van der Waals surface area contributed by atoms with Crippen molar-refractivity contribution in [3.63, 3.8) is 0 Å². The molecule has 0 radical (unpaired) electrons. The number of rotatable bonds is 4. The van der Waals surface area contributed by atoms with Crippen LogP contribution < -0.4 is 15.3 Å². The lowest BCUT2D eigenvalue weighted by molar-refractivity contribution is -0.0192. The first-order valence-electron chi connectivity index (χ1n) is 6.28. The van der Waals surface area contributed by atoms with Gasteiger partial charge in [-0.2, -0.15) is 0 Å². The van der Waals surface area contributed by atoms with Gasteiger partial charge in [-0.1, -0.05) is 12.1 Å². The maximum atomic E-state index is 5.38. The first-order chi connectivity index (χ1) is 9.02. The first-order valence-corrected chi connectivity index (χ1v) is 6.28. The summed E-state index contributed by atoms with van der Waals surface area (Å²) in [5.41, 5.74) is 7.15. The molecule has 2 rings (SSSR count). The lowest BCUT2D eigenvalue weighted by atomic mass is 10.1. The minimum Gasteiger partial charge on any atom is -0.374 e. The minimum atomic E-state index is 0.738. The quantitative estimate of drug-likeness (QED) is 0.845. The molecule has 2 aromatic carbocycles. The lowest BCUT2D eigenvalue weighted by Gasteiger charge is -2.10. The van der Waals surface area contributed by atoms with Gasteiger partial charge in [0, 0.05) is 5.64 Å². The Morgan fingerprint density at radius 1 is 0.579 bits per heavy atom. The molecule has 0 aliphatic heterocycles. The van der Waals surface area contributed by atoms with Crippen LogP contribution in [0.4, 0.5) is 0 Å². The van der Waals surface area contributed by atoms with E-state index in [9.17, 15) is 0 Å². The van der Waals surface area contributed by atoms with E-state index in [0.717, 1.165) is 33.8 Å². The van der Waals surface area contributed by atoms with Crippen molar-refractivity contribution in [3.05, 3.63) is 58.7 Å². The van der Waals surface area contributed by atoms with Crippen molar-refractivity contribution >= 4 is 0 Å². The number of hydrogen-bond donors (Lipinski definition) is 1. The molecule has 0 spiro atoms. The summed E-state index contributed by atoms with van der Waals surface area (Å²) in [5, 5.41) is 0. The third-order valence-electron chi connectivity index (χ3n) is 2.71. The molecule has 0 saturated heterocycles. The van der Waals surface area contributed by atoms with E-state index in [-0.39, 0.29) is 0 Å². The largest absolute Gasteiger partial charge is 0.374 e. The van der Waals surface area contributed by atoms with Gasteiger partial charge in [0.25, 0.3) is 0 Å². The fourth-order valence-corrected chi connectivity index (χ4v) is 2.10. The molecule has 19 heavy (non-hydrogen) atoms. The molecule has 0 unspecified atom stereocenters. The van der Waals surface area contributed by atoms with Crippen LogP contribution in [0.25, 0.3) is 0 Å². The van der Waals surface area contributed by atoms with Crippen LogP contribution in [-0.4, -0.2) is 0 Å².